The van der Waals surface area contributed by atoms with Crippen LogP contribution in [0.5, 0.6) is 0 Å². The molecule has 0 saturated carbocycles. The Kier molecular flexibility index (Phi) is 3.75. The Morgan fingerprint density at radius 1 is 1.32 bits per heavy atom. The molecule has 1 aliphatic rings. The third-order valence-corrected chi connectivity index (χ3v) is 2.75. The number of amides is 1. The van der Waals surface area contributed by atoms with Gasteiger partial charge in [0.15, 0.2) is 11.6 Å². The van der Waals surface area contributed by atoms with Crippen LogP contribution in [0, 0.1) is 0 Å². The molecule has 1 aliphatic heterocycles. The average molecular weight is 268 g/mol. The molecule has 0 fully saturated rings. The van der Waals surface area contributed by atoms with Crippen molar-refractivity contribution in [3.8, 4) is 0 Å². The Labute approximate surface area is 112 Å². The molecular formula is C12H20N4O3. The highest BCUT2D eigenvalue weighted by molar-refractivity contribution is 5.68. The van der Waals surface area contributed by atoms with E-state index in [-0.39, 0.29) is 6.09 Å². The highest BCUT2D eigenvalue weighted by Gasteiger charge is 2.27. The lowest BCUT2D eigenvalue weighted by molar-refractivity contribution is 0.0192. The molecule has 0 aliphatic carbocycles. The van der Waals surface area contributed by atoms with Gasteiger partial charge in [0, 0.05) is 20.2 Å². The summed E-state index contributed by atoms with van der Waals surface area (Å²) in [5, 5.41) is 8.15. The standard InChI is InChI=1S/C12H20N4O3/c1-12(2,3)19-11(17)15-5-6-16-9(7-15)13-14-10(16)8-18-4/h5-8H2,1-4H3. The summed E-state index contributed by atoms with van der Waals surface area (Å²) in [5.74, 6) is 1.56. The first kappa shape index (κ1) is 13.8. The molecule has 0 bridgehead atoms. The highest BCUT2D eigenvalue weighted by Crippen LogP contribution is 2.16. The third-order valence-electron chi connectivity index (χ3n) is 2.75. The van der Waals surface area contributed by atoms with Gasteiger partial charge in [0.25, 0.3) is 0 Å². The zero-order valence-electron chi connectivity index (χ0n) is 11.8. The smallest absolute Gasteiger partial charge is 0.410 e. The fourth-order valence-electron chi connectivity index (χ4n) is 1.94. The van der Waals surface area contributed by atoms with Crippen LogP contribution >= 0.6 is 0 Å². The Bertz CT molecular complexity index is 464. The predicted molar refractivity (Wildman–Crippen MR) is 67.4 cm³/mol. The molecule has 7 nitrogen and oxygen atoms in total. The highest BCUT2D eigenvalue weighted by atomic mass is 16.6. The van der Waals surface area contributed by atoms with E-state index in [2.05, 4.69) is 10.2 Å². The van der Waals surface area contributed by atoms with E-state index in [1.807, 2.05) is 25.3 Å². The van der Waals surface area contributed by atoms with Crippen LogP contribution in [0.2, 0.25) is 0 Å². The molecule has 106 valence electrons. The summed E-state index contributed by atoms with van der Waals surface area (Å²) in [5.41, 5.74) is -0.483. The van der Waals surface area contributed by atoms with Gasteiger partial charge >= 0.3 is 6.09 Å². The van der Waals surface area contributed by atoms with Crippen molar-refractivity contribution < 1.29 is 14.3 Å². The third kappa shape index (κ3) is 3.23. The molecular weight excluding hydrogens is 248 g/mol. The first-order valence-corrected chi connectivity index (χ1v) is 6.28. The van der Waals surface area contributed by atoms with Crippen molar-refractivity contribution in [1.82, 2.24) is 19.7 Å². The van der Waals surface area contributed by atoms with Gasteiger partial charge in [-0.15, -0.1) is 10.2 Å². The summed E-state index contributed by atoms with van der Waals surface area (Å²) >= 11 is 0. The van der Waals surface area contributed by atoms with E-state index >= 15 is 0 Å². The van der Waals surface area contributed by atoms with Crippen molar-refractivity contribution >= 4 is 6.09 Å². The monoisotopic (exact) mass is 268 g/mol. The number of carbonyl (C=O) groups is 1. The van der Waals surface area contributed by atoms with E-state index < -0.39 is 5.60 Å². The molecule has 1 amide bonds. The number of rotatable bonds is 2. The van der Waals surface area contributed by atoms with Gasteiger partial charge in [-0.2, -0.15) is 0 Å². The minimum atomic E-state index is -0.483. The van der Waals surface area contributed by atoms with Gasteiger partial charge in [0.2, 0.25) is 0 Å². The van der Waals surface area contributed by atoms with Crippen LogP contribution in [0.25, 0.3) is 0 Å². The van der Waals surface area contributed by atoms with Crippen LogP contribution in [0.15, 0.2) is 0 Å². The second-order valence-electron chi connectivity index (χ2n) is 5.52. The van der Waals surface area contributed by atoms with Crippen molar-refractivity contribution in [3.05, 3.63) is 11.6 Å². The molecule has 2 heterocycles. The number of fused-ring (bicyclic) bond motifs is 1. The van der Waals surface area contributed by atoms with Gasteiger partial charge in [-0.3, -0.25) is 4.90 Å². The molecule has 0 unspecified atom stereocenters. The van der Waals surface area contributed by atoms with Crippen LogP contribution in [-0.4, -0.2) is 45.0 Å². The lowest BCUT2D eigenvalue weighted by Gasteiger charge is -2.30. The van der Waals surface area contributed by atoms with Crippen LogP contribution in [0.3, 0.4) is 0 Å². The molecule has 0 N–H and O–H groups in total. The molecule has 1 aromatic rings. The molecule has 0 aromatic carbocycles. The number of carbonyl (C=O) groups excluding carboxylic acids is 1. The van der Waals surface area contributed by atoms with Crippen molar-refractivity contribution in [2.45, 2.75) is 46.1 Å². The van der Waals surface area contributed by atoms with Crippen molar-refractivity contribution in [2.75, 3.05) is 13.7 Å². The maximum absolute atomic E-state index is 12.0. The van der Waals surface area contributed by atoms with E-state index in [1.54, 1.807) is 12.0 Å². The van der Waals surface area contributed by atoms with Gasteiger partial charge in [-0.1, -0.05) is 0 Å². The zero-order chi connectivity index (χ0) is 14.0. The molecule has 0 radical (unpaired) electrons. The molecule has 7 heteroatoms. The summed E-state index contributed by atoms with van der Waals surface area (Å²) in [4.78, 5) is 13.6. The fourth-order valence-corrected chi connectivity index (χ4v) is 1.94. The lowest BCUT2D eigenvalue weighted by Crippen LogP contribution is -2.41. The second-order valence-corrected chi connectivity index (χ2v) is 5.52. The Morgan fingerprint density at radius 2 is 2.05 bits per heavy atom. The Morgan fingerprint density at radius 3 is 2.68 bits per heavy atom. The van der Waals surface area contributed by atoms with Crippen molar-refractivity contribution in [2.24, 2.45) is 0 Å². The first-order chi connectivity index (χ1) is 8.90. The Balaban J connectivity index is 2.04. The minimum absolute atomic E-state index is 0.310. The molecule has 0 saturated heterocycles. The van der Waals surface area contributed by atoms with Gasteiger partial charge in [0.05, 0.1) is 6.54 Å². The minimum Gasteiger partial charge on any atom is -0.444 e. The Hall–Kier alpha value is -1.63. The maximum Gasteiger partial charge on any atom is 0.410 e. The molecule has 2 rings (SSSR count). The molecule has 0 spiro atoms. The van der Waals surface area contributed by atoms with E-state index in [4.69, 9.17) is 9.47 Å². The largest absolute Gasteiger partial charge is 0.444 e. The maximum atomic E-state index is 12.0. The van der Waals surface area contributed by atoms with E-state index in [0.717, 1.165) is 11.6 Å². The number of hydrogen-bond donors (Lipinski definition) is 0. The molecule has 0 atom stereocenters. The summed E-state index contributed by atoms with van der Waals surface area (Å²) in [6.07, 6.45) is -0.310. The SMILES string of the molecule is COCc1nnc2n1CCN(C(=O)OC(C)(C)C)C2. The van der Waals surface area contributed by atoms with Gasteiger partial charge in [0.1, 0.15) is 12.2 Å². The van der Waals surface area contributed by atoms with E-state index in [1.165, 1.54) is 0 Å². The summed E-state index contributed by atoms with van der Waals surface area (Å²) in [6.45, 7) is 7.68. The predicted octanol–water partition coefficient (Wildman–Crippen LogP) is 1.18. The van der Waals surface area contributed by atoms with Crippen LogP contribution in [0.1, 0.15) is 32.4 Å². The zero-order valence-corrected chi connectivity index (χ0v) is 11.8. The molecule has 1 aromatic heterocycles. The van der Waals surface area contributed by atoms with Crippen molar-refractivity contribution in [3.63, 3.8) is 0 Å². The number of nitrogens with zero attached hydrogens (tertiary/aromatic N) is 4. The van der Waals surface area contributed by atoms with Crippen LogP contribution in [0.4, 0.5) is 4.79 Å². The van der Waals surface area contributed by atoms with Crippen LogP contribution < -0.4 is 0 Å². The van der Waals surface area contributed by atoms with Gasteiger partial charge < -0.3 is 14.0 Å². The number of hydrogen-bond acceptors (Lipinski definition) is 5. The fraction of sp³-hybridized carbons (Fsp3) is 0.750. The van der Waals surface area contributed by atoms with E-state index in [0.29, 0.717) is 26.2 Å². The number of aromatic nitrogens is 3. The number of ether oxygens (including phenoxy) is 2. The van der Waals surface area contributed by atoms with Crippen molar-refractivity contribution in [1.29, 1.82) is 0 Å². The van der Waals surface area contributed by atoms with Crippen LogP contribution in [-0.2, 0) is 29.2 Å². The topological polar surface area (TPSA) is 69.5 Å². The average Bonchev–Trinajstić information content (AvgIpc) is 2.70. The molecule has 19 heavy (non-hydrogen) atoms. The lowest BCUT2D eigenvalue weighted by atomic mass is 10.2. The summed E-state index contributed by atoms with van der Waals surface area (Å²) in [7, 11) is 1.62. The second kappa shape index (κ2) is 5.16. The van der Waals surface area contributed by atoms with Gasteiger partial charge in [-0.05, 0) is 20.8 Å². The quantitative estimate of drug-likeness (QED) is 0.805. The summed E-state index contributed by atoms with van der Waals surface area (Å²) < 4.78 is 12.4. The van der Waals surface area contributed by atoms with E-state index in [9.17, 15) is 4.79 Å². The normalized spacial score (nSPS) is 15.3. The van der Waals surface area contributed by atoms with Gasteiger partial charge in [-0.25, -0.2) is 4.79 Å². The first-order valence-electron chi connectivity index (χ1n) is 6.28. The summed E-state index contributed by atoms with van der Waals surface area (Å²) in [6, 6.07) is 0. The number of methoxy groups -OCH3 is 1.